The van der Waals surface area contributed by atoms with E-state index in [9.17, 15) is 14.0 Å². The number of pyridine rings is 1. The zero-order valence-electron chi connectivity index (χ0n) is 16.7. The van der Waals surface area contributed by atoms with Gasteiger partial charge in [-0.25, -0.2) is 4.98 Å². The van der Waals surface area contributed by atoms with Crippen LogP contribution in [0.5, 0.6) is 0 Å². The summed E-state index contributed by atoms with van der Waals surface area (Å²) in [5.41, 5.74) is 2.60. The van der Waals surface area contributed by atoms with Crippen molar-refractivity contribution in [1.29, 1.82) is 0 Å². The summed E-state index contributed by atoms with van der Waals surface area (Å²) in [4.78, 5) is 28.7. The molecule has 1 heterocycles. The van der Waals surface area contributed by atoms with Gasteiger partial charge in [0.2, 0.25) is 11.9 Å². The third-order valence-corrected chi connectivity index (χ3v) is 5.61. The summed E-state index contributed by atoms with van der Waals surface area (Å²) in [5, 5.41) is 5.56. The molecule has 1 fully saturated rings. The fourth-order valence-corrected chi connectivity index (χ4v) is 3.21. The van der Waals surface area contributed by atoms with Crippen LogP contribution in [0.2, 0.25) is 0 Å². The van der Waals surface area contributed by atoms with Crippen LogP contribution in [0, 0.1) is 11.4 Å². The van der Waals surface area contributed by atoms with Crippen LogP contribution in [0.4, 0.5) is 4.39 Å². The molecule has 2 aromatic rings. The molecule has 2 N–H and O–H groups in total. The monoisotopic (exact) mass is 383 g/mol. The maximum atomic E-state index is 13.2. The van der Waals surface area contributed by atoms with E-state index in [4.69, 9.17) is 0 Å². The van der Waals surface area contributed by atoms with Crippen molar-refractivity contribution in [2.45, 2.75) is 45.6 Å². The summed E-state index contributed by atoms with van der Waals surface area (Å²) >= 11 is 0. The molecule has 0 aliphatic heterocycles. The molecule has 28 heavy (non-hydrogen) atoms. The highest BCUT2D eigenvalue weighted by atomic mass is 19.1. The van der Waals surface area contributed by atoms with Crippen molar-refractivity contribution in [1.82, 2.24) is 15.6 Å². The highest BCUT2D eigenvalue weighted by Gasteiger charge is 2.34. The molecule has 0 spiro atoms. The first kappa shape index (κ1) is 20.0. The van der Waals surface area contributed by atoms with Gasteiger partial charge in [-0.3, -0.25) is 9.59 Å². The standard InChI is InChI=1S/C22H26FN3O2/c1-13(22(2,3)21(28)24-4)26-20(27)15-7-9-17(14-5-6-14)18(11-15)16-8-10-19(23)25-12-16/h7-14H,5-6H2,1-4H3,(H,24,28)(H,26,27)/t13-/m0/s1. The Kier molecular flexibility index (Phi) is 5.49. The molecule has 1 aromatic carbocycles. The van der Waals surface area contributed by atoms with E-state index in [0.29, 0.717) is 11.5 Å². The van der Waals surface area contributed by atoms with Crippen LogP contribution in [0.15, 0.2) is 36.5 Å². The van der Waals surface area contributed by atoms with Crippen LogP contribution in [0.1, 0.15) is 55.5 Å². The first-order valence-electron chi connectivity index (χ1n) is 9.53. The van der Waals surface area contributed by atoms with Gasteiger partial charge in [0.1, 0.15) is 0 Å². The normalized spacial score (nSPS) is 15.0. The Morgan fingerprint density at radius 1 is 1.21 bits per heavy atom. The lowest BCUT2D eigenvalue weighted by atomic mass is 9.84. The smallest absolute Gasteiger partial charge is 0.251 e. The Morgan fingerprint density at radius 2 is 1.93 bits per heavy atom. The number of hydrogen-bond acceptors (Lipinski definition) is 3. The molecule has 1 atom stereocenters. The number of rotatable bonds is 6. The Bertz CT molecular complexity index is 889. The summed E-state index contributed by atoms with van der Waals surface area (Å²) in [6, 6.07) is 8.26. The average molecular weight is 383 g/mol. The van der Waals surface area contributed by atoms with E-state index < -0.39 is 11.4 Å². The molecule has 0 unspecified atom stereocenters. The highest BCUT2D eigenvalue weighted by molar-refractivity contribution is 5.96. The lowest BCUT2D eigenvalue weighted by Crippen LogP contribution is -2.50. The van der Waals surface area contributed by atoms with E-state index in [1.54, 1.807) is 27.0 Å². The molecule has 1 aliphatic carbocycles. The zero-order valence-corrected chi connectivity index (χ0v) is 16.7. The number of benzene rings is 1. The molecule has 6 heteroatoms. The molecule has 2 amide bonds. The first-order chi connectivity index (χ1) is 13.2. The van der Waals surface area contributed by atoms with Gasteiger partial charge in [-0.1, -0.05) is 6.07 Å². The number of aromatic nitrogens is 1. The second-order valence-corrected chi connectivity index (χ2v) is 7.94. The number of amides is 2. The zero-order chi connectivity index (χ0) is 20.5. The minimum absolute atomic E-state index is 0.137. The Labute approximate surface area is 164 Å². The molecule has 1 aromatic heterocycles. The summed E-state index contributed by atoms with van der Waals surface area (Å²) < 4.78 is 13.2. The molecule has 1 saturated carbocycles. The lowest BCUT2D eigenvalue weighted by Gasteiger charge is -2.30. The molecular weight excluding hydrogens is 357 g/mol. The van der Waals surface area contributed by atoms with E-state index >= 15 is 0 Å². The molecule has 3 rings (SSSR count). The van der Waals surface area contributed by atoms with Gasteiger partial charge in [-0.15, -0.1) is 0 Å². The fourth-order valence-electron chi connectivity index (χ4n) is 3.21. The van der Waals surface area contributed by atoms with E-state index in [0.717, 1.165) is 29.5 Å². The number of nitrogens with one attached hydrogen (secondary N) is 2. The van der Waals surface area contributed by atoms with Crippen LogP contribution < -0.4 is 10.6 Å². The van der Waals surface area contributed by atoms with E-state index in [2.05, 4.69) is 15.6 Å². The summed E-state index contributed by atoms with van der Waals surface area (Å²) in [6.07, 6.45) is 3.73. The number of carbonyl (C=O) groups excluding carboxylic acids is 2. The van der Waals surface area contributed by atoms with E-state index in [1.165, 1.54) is 12.3 Å². The first-order valence-corrected chi connectivity index (χ1v) is 9.53. The molecule has 5 nitrogen and oxygen atoms in total. The number of hydrogen-bond donors (Lipinski definition) is 2. The Morgan fingerprint density at radius 3 is 2.50 bits per heavy atom. The van der Waals surface area contributed by atoms with Crippen molar-refractivity contribution in [3.05, 3.63) is 53.6 Å². The second-order valence-electron chi connectivity index (χ2n) is 7.94. The quantitative estimate of drug-likeness (QED) is 0.748. The number of carbonyl (C=O) groups is 2. The predicted molar refractivity (Wildman–Crippen MR) is 106 cm³/mol. The van der Waals surface area contributed by atoms with Crippen molar-refractivity contribution >= 4 is 11.8 Å². The highest BCUT2D eigenvalue weighted by Crippen LogP contribution is 2.44. The molecule has 0 saturated heterocycles. The largest absolute Gasteiger partial charge is 0.359 e. The maximum absolute atomic E-state index is 13.2. The predicted octanol–water partition coefficient (Wildman–Crippen LogP) is 3.66. The summed E-state index contributed by atoms with van der Waals surface area (Å²) in [5.74, 6) is -0.440. The Balaban J connectivity index is 1.88. The van der Waals surface area contributed by atoms with Crippen LogP contribution in [0.3, 0.4) is 0 Å². The van der Waals surface area contributed by atoms with Gasteiger partial charge in [0.25, 0.3) is 5.91 Å². The summed E-state index contributed by atoms with van der Waals surface area (Å²) in [6.45, 7) is 5.40. The minimum atomic E-state index is -0.748. The SMILES string of the molecule is CNC(=O)C(C)(C)[C@H](C)NC(=O)c1ccc(C2CC2)c(-c2ccc(F)nc2)c1. The van der Waals surface area contributed by atoms with Crippen LogP contribution in [-0.4, -0.2) is 29.9 Å². The average Bonchev–Trinajstić information content (AvgIpc) is 3.52. The van der Waals surface area contributed by atoms with Crippen molar-refractivity contribution < 1.29 is 14.0 Å². The molecular formula is C22H26FN3O2. The van der Waals surface area contributed by atoms with Crippen LogP contribution in [0.25, 0.3) is 11.1 Å². The van der Waals surface area contributed by atoms with Gasteiger partial charge < -0.3 is 10.6 Å². The lowest BCUT2D eigenvalue weighted by molar-refractivity contribution is -0.129. The van der Waals surface area contributed by atoms with Gasteiger partial charge in [0.05, 0.1) is 5.41 Å². The van der Waals surface area contributed by atoms with E-state index in [1.807, 2.05) is 25.1 Å². The van der Waals surface area contributed by atoms with Crippen molar-refractivity contribution in [3.63, 3.8) is 0 Å². The number of nitrogens with zero attached hydrogens (tertiary/aromatic N) is 1. The number of halogens is 1. The maximum Gasteiger partial charge on any atom is 0.251 e. The minimum Gasteiger partial charge on any atom is -0.359 e. The van der Waals surface area contributed by atoms with Crippen molar-refractivity contribution in [2.24, 2.45) is 5.41 Å². The third kappa shape index (κ3) is 4.06. The molecule has 0 radical (unpaired) electrons. The molecule has 148 valence electrons. The van der Waals surface area contributed by atoms with Crippen molar-refractivity contribution in [2.75, 3.05) is 7.05 Å². The van der Waals surface area contributed by atoms with Gasteiger partial charge in [0.15, 0.2) is 0 Å². The van der Waals surface area contributed by atoms with Gasteiger partial charge >= 0.3 is 0 Å². The third-order valence-electron chi connectivity index (χ3n) is 5.61. The second kappa shape index (κ2) is 7.70. The van der Waals surface area contributed by atoms with Crippen LogP contribution >= 0.6 is 0 Å². The van der Waals surface area contributed by atoms with E-state index in [-0.39, 0.29) is 17.9 Å². The topological polar surface area (TPSA) is 71.1 Å². The molecule has 1 aliphatic rings. The van der Waals surface area contributed by atoms with Crippen molar-refractivity contribution in [3.8, 4) is 11.1 Å². The van der Waals surface area contributed by atoms with Gasteiger partial charge in [-0.2, -0.15) is 4.39 Å². The van der Waals surface area contributed by atoms with Gasteiger partial charge in [-0.05, 0) is 74.9 Å². The molecule has 0 bridgehead atoms. The summed E-state index contributed by atoms with van der Waals surface area (Å²) in [7, 11) is 1.58. The fraction of sp³-hybridized carbons (Fsp3) is 0.409. The Hall–Kier alpha value is -2.76. The van der Waals surface area contributed by atoms with Gasteiger partial charge in [0, 0.05) is 30.4 Å². The van der Waals surface area contributed by atoms with Crippen LogP contribution in [-0.2, 0) is 4.79 Å².